The second-order valence-corrected chi connectivity index (χ2v) is 7.58. The first kappa shape index (κ1) is 17.8. The van der Waals surface area contributed by atoms with Gasteiger partial charge in [-0.3, -0.25) is 14.9 Å². The Bertz CT molecular complexity index is 718. The fraction of sp³-hybridized carbons (Fsp3) is 0.444. The van der Waals surface area contributed by atoms with Gasteiger partial charge in [0.05, 0.1) is 16.7 Å². The molecule has 25 heavy (non-hydrogen) atoms. The zero-order valence-corrected chi connectivity index (χ0v) is 15.3. The van der Waals surface area contributed by atoms with Crippen LogP contribution in [0, 0.1) is 0 Å². The van der Waals surface area contributed by atoms with Crippen molar-refractivity contribution in [3.05, 3.63) is 28.7 Å². The third kappa shape index (κ3) is 4.16. The molecule has 2 heterocycles. The van der Waals surface area contributed by atoms with Crippen molar-refractivity contribution in [2.45, 2.75) is 38.8 Å². The van der Waals surface area contributed by atoms with Crippen LogP contribution >= 0.6 is 11.8 Å². The molecule has 1 unspecified atom stereocenters. The number of nitrogens with zero attached hydrogens (tertiary/aromatic N) is 1. The highest BCUT2D eigenvalue weighted by molar-refractivity contribution is 8.18. The van der Waals surface area contributed by atoms with Crippen molar-refractivity contribution in [2.24, 2.45) is 5.73 Å². The van der Waals surface area contributed by atoms with Crippen LogP contribution in [0.3, 0.4) is 0 Å². The van der Waals surface area contributed by atoms with Crippen LogP contribution in [0.5, 0.6) is 5.75 Å². The Morgan fingerprint density at radius 1 is 1.40 bits per heavy atom. The van der Waals surface area contributed by atoms with Crippen molar-refractivity contribution in [1.82, 2.24) is 5.32 Å². The third-order valence-corrected chi connectivity index (χ3v) is 4.91. The zero-order chi connectivity index (χ0) is 18.0. The number of hydrogen-bond acceptors (Lipinski definition) is 6. The number of rotatable bonds is 4. The molecule has 3 rings (SSSR count). The van der Waals surface area contributed by atoms with Gasteiger partial charge in [0.2, 0.25) is 0 Å². The number of nitrogens with two attached hydrogens (primary N) is 1. The number of thioether (sulfide) groups is 1. The van der Waals surface area contributed by atoms with Crippen LogP contribution in [0.4, 0.5) is 10.5 Å². The Labute approximate surface area is 151 Å². The first-order valence-electron chi connectivity index (χ1n) is 8.49. The van der Waals surface area contributed by atoms with E-state index in [2.05, 4.69) is 10.2 Å². The summed E-state index contributed by atoms with van der Waals surface area (Å²) in [5.74, 6) is 0.416. The number of piperidine rings is 1. The molecule has 2 fully saturated rings. The summed E-state index contributed by atoms with van der Waals surface area (Å²) in [6.07, 6.45) is 3.81. The maximum atomic E-state index is 11.9. The van der Waals surface area contributed by atoms with E-state index in [-0.39, 0.29) is 23.3 Å². The molecule has 2 aliphatic heterocycles. The number of hydrogen-bond donors (Lipinski definition) is 2. The predicted molar refractivity (Wildman–Crippen MR) is 101 cm³/mol. The molecule has 2 saturated heterocycles. The third-order valence-electron chi connectivity index (χ3n) is 4.10. The van der Waals surface area contributed by atoms with Crippen LogP contribution in [-0.2, 0) is 4.79 Å². The molecule has 134 valence electrons. The summed E-state index contributed by atoms with van der Waals surface area (Å²) in [6.45, 7) is 5.60. The van der Waals surface area contributed by atoms with Gasteiger partial charge in [0, 0.05) is 24.7 Å². The molecule has 0 aromatic heterocycles. The second-order valence-electron chi connectivity index (χ2n) is 6.56. The number of nitrogens with one attached hydrogen (secondary N) is 1. The van der Waals surface area contributed by atoms with Gasteiger partial charge in [-0.2, -0.15) is 0 Å². The van der Waals surface area contributed by atoms with Crippen LogP contribution in [0.15, 0.2) is 23.1 Å². The van der Waals surface area contributed by atoms with Gasteiger partial charge in [-0.15, -0.1) is 0 Å². The average molecular weight is 361 g/mol. The van der Waals surface area contributed by atoms with E-state index in [0.29, 0.717) is 4.91 Å². The Hall–Kier alpha value is -1.99. The molecule has 1 atom stereocenters. The summed E-state index contributed by atoms with van der Waals surface area (Å²) in [5, 5.41) is 1.95. The van der Waals surface area contributed by atoms with E-state index in [1.165, 1.54) is 0 Å². The number of carbonyl (C=O) groups is 2. The van der Waals surface area contributed by atoms with Gasteiger partial charge in [0.25, 0.3) is 11.1 Å². The van der Waals surface area contributed by atoms with Gasteiger partial charge < -0.3 is 15.4 Å². The standard InChI is InChI=1S/C18H23N3O3S/c1-11(2)24-14-7-3-5-12(9-15-17(22)20-18(23)25-15)16(14)21-8-4-6-13(19)10-21/h3,5,7,9,11,13H,4,6,8,10,19H2,1-2H3,(H,20,22,23)/b15-9+. The average Bonchev–Trinajstić information content (AvgIpc) is 2.84. The van der Waals surface area contributed by atoms with Gasteiger partial charge in [-0.1, -0.05) is 12.1 Å². The molecule has 0 aliphatic carbocycles. The molecule has 7 heteroatoms. The van der Waals surface area contributed by atoms with Crippen molar-refractivity contribution in [3.63, 3.8) is 0 Å². The van der Waals surface area contributed by atoms with Crippen LogP contribution in [0.2, 0.25) is 0 Å². The number of imide groups is 1. The van der Waals surface area contributed by atoms with E-state index in [1.54, 1.807) is 6.08 Å². The van der Waals surface area contributed by atoms with E-state index in [4.69, 9.17) is 10.5 Å². The van der Waals surface area contributed by atoms with Crippen molar-refractivity contribution in [2.75, 3.05) is 18.0 Å². The Morgan fingerprint density at radius 2 is 2.20 bits per heavy atom. The molecule has 2 aliphatic rings. The summed E-state index contributed by atoms with van der Waals surface area (Å²) >= 11 is 0.922. The molecular formula is C18H23N3O3S. The van der Waals surface area contributed by atoms with Crippen molar-refractivity contribution in [1.29, 1.82) is 0 Å². The molecule has 0 saturated carbocycles. The number of benzene rings is 1. The van der Waals surface area contributed by atoms with E-state index in [0.717, 1.165) is 54.7 Å². The molecule has 0 radical (unpaired) electrons. The zero-order valence-electron chi connectivity index (χ0n) is 14.5. The number of amides is 2. The van der Waals surface area contributed by atoms with Gasteiger partial charge in [0.15, 0.2) is 0 Å². The van der Waals surface area contributed by atoms with Crippen LogP contribution in [0.25, 0.3) is 6.08 Å². The molecule has 0 spiro atoms. The summed E-state index contributed by atoms with van der Waals surface area (Å²) < 4.78 is 6.00. The molecule has 6 nitrogen and oxygen atoms in total. The van der Waals surface area contributed by atoms with Gasteiger partial charge in [-0.05, 0) is 50.6 Å². The highest BCUT2D eigenvalue weighted by Gasteiger charge is 2.27. The van der Waals surface area contributed by atoms with Gasteiger partial charge in [-0.25, -0.2) is 0 Å². The largest absolute Gasteiger partial charge is 0.489 e. The van der Waals surface area contributed by atoms with E-state index in [9.17, 15) is 9.59 Å². The van der Waals surface area contributed by atoms with Crippen molar-refractivity contribution < 1.29 is 14.3 Å². The van der Waals surface area contributed by atoms with Crippen LogP contribution in [-0.4, -0.2) is 36.4 Å². The first-order valence-corrected chi connectivity index (χ1v) is 9.30. The van der Waals surface area contributed by atoms with Gasteiger partial charge >= 0.3 is 0 Å². The molecule has 1 aromatic carbocycles. The number of ether oxygens (including phenoxy) is 1. The monoisotopic (exact) mass is 361 g/mol. The van der Waals surface area contributed by atoms with E-state index in [1.807, 2.05) is 32.0 Å². The SMILES string of the molecule is CC(C)Oc1cccc(/C=C2/SC(=O)NC2=O)c1N1CCCC(N)C1. The molecule has 0 bridgehead atoms. The molecule has 1 aromatic rings. The van der Waals surface area contributed by atoms with Gasteiger partial charge in [0.1, 0.15) is 5.75 Å². The number of carbonyl (C=O) groups excluding carboxylic acids is 2. The summed E-state index contributed by atoms with van der Waals surface area (Å²) in [6, 6.07) is 5.89. The van der Waals surface area contributed by atoms with E-state index >= 15 is 0 Å². The second kappa shape index (κ2) is 7.49. The van der Waals surface area contributed by atoms with Crippen molar-refractivity contribution >= 4 is 34.7 Å². The van der Waals surface area contributed by atoms with Crippen LogP contribution < -0.4 is 20.7 Å². The molecule has 2 amide bonds. The lowest BCUT2D eigenvalue weighted by atomic mass is 10.0. The number of anilines is 1. The molecule has 3 N–H and O–H groups in total. The quantitative estimate of drug-likeness (QED) is 0.802. The lowest BCUT2D eigenvalue weighted by molar-refractivity contribution is -0.115. The van der Waals surface area contributed by atoms with E-state index < -0.39 is 0 Å². The Kier molecular flexibility index (Phi) is 5.34. The summed E-state index contributed by atoms with van der Waals surface area (Å²) in [5.41, 5.74) is 7.95. The predicted octanol–water partition coefficient (Wildman–Crippen LogP) is 2.73. The normalized spacial score (nSPS) is 22.6. The lowest BCUT2D eigenvalue weighted by Gasteiger charge is -2.35. The first-order chi connectivity index (χ1) is 11.9. The maximum Gasteiger partial charge on any atom is 0.290 e. The lowest BCUT2D eigenvalue weighted by Crippen LogP contribution is -2.43. The Morgan fingerprint density at radius 3 is 2.84 bits per heavy atom. The maximum absolute atomic E-state index is 11.9. The fourth-order valence-electron chi connectivity index (χ4n) is 3.12. The minimum absolute atomic E-state index is 0.0332. The number of para-hydroxylation sites is 1. The Balaban J connectivity index is 2.03. The minimum atomic E-state index is -0.355. The topological polar surface area (TPSA) is 84.7 Å². The summed E-state index contributed by atoms with van der Waals surface area (Å²) in [7, 11) is 0. The van der Waals surface area contributed by atoms with Crippen molar-refractivity contribution in [3.8, 4) is 5.75 Å². The molecular weight excluding hydrogens is 338 g/mol. The minimum Gasteiger partial charge on any atom is -0.489 e. The summed E-state index contributed by atoms with van der Waals surface area (Å²) in [4.78, 5) is 26.0. The van der Waals surface area contributed by atoms with Crippen LogP contribution in [0.1, 0.15) is 32.3 Å². The highest BCUT2D eigenvalue weighted by atomic mass is 32.2. The smallest absolute Gasteiger partial charge is 0.290 e. The highest BCUT2D eigenvalue weighted by Crippen LogP contribution is 2.37. The fourth-order valence-corrected chi connectivity index (χ4v) is 3.79.